The molecule has 2 N–H and O–H groups in total. The van der Waals surface area contributed by atoms with Crippen LogP contribution in [0.4, 0.5) is 5.69 Å². The van der Waals surface area contributed by atoms with Crippen molar-refractivity contribution in [3.8, 4) is 5.75 Å². The van der Waals surface area contributed by atoms with E-state index in [0.29, 0.717) is 17.6 Å². The second-order valence-electron chi connectivity index (χ2n) is 6.41. The standard InChI is InChI=1S/C20H26ClN5O/c1-3-22-20(24-13-16-6-4-5-10-23-16)25-17-9-11-26(14-17)18-12-15(21)7-8-19(18)27-2/h4-8,10,12,17H,3,9,11,13-14H2,1-2H3,(H2,22,24,25). The van der Waals surface area contributed by atoms with Gasteiger partial charge in [0, 0.05) is 36.9 Å². The van der Waals surface area contributed by atoms with E-state index in [-0.39, 0.29) is 0 Å². The van der Waals surface area contributed by atoms with Gasteiger partial charge in [-0.15, -0.1) is 0 Å². The van der Waals surface area contributed by atoms with Crippen molar-refractivity contribution in [2.45, 2.75) is 25.9 Å². The summed E-state index contributed by atoms with van der Waals surface area (Å²) in [6.07, 6.45) is 2.81. The van der Waals surface area contributed by atoms with E-state index in [1.807, 2.05) is 36.4 Å². The van der Waals surface area contributed by atoms with Gasteiger partial charge < -0.3 is 20.3 Å². The zero-order chi connectivity index (χ0) is 19.1. The van der Waals surface area contributed by atoms with Gasteiger partial charge in [0.25, 0.3) is 0 Å². The molecule has 1 aliphatic rings. The molecule has 7 heteroatoms. The van der Waals surface area contributed by atoms with Crippen LogP contribution in [-0.2, 0) is 6.54 Å². The van der Waals surface area contributed by atoms with Crippen LogP contribution >= 0.6 is 11.6 Å². The Balaban J connectivity index is 1.64. The van der Waals surface area contributed by atoms with E-state index in [2.05, 4.69) is 32.4 Å². The molecule has 0 aliphatic carbocycles. The number of methoxy groups -OCH3 is 1. The average molecular weight is 388 g/mol. The van der Waals surface area contributed by atoms with Gasteiger partial charge in [-0.1, -0.05) is 17.7 Å². The Hall–Kier alpha value is -2.47. The molecule has 1 saturated heterocycles. The summed E-state index contributed by atoms with van der Waals surface area (Å²) in [6, 6.07) is 11.9. The number of benzene rings is 1. The normalized spacial score (nSPS) is 17.1. The van der Waals surface area contributed by atoms with E-state index >= 15 is 0 Å². The first-order valence-electron chi connectivity index (χ1n) is 9.23. The molecule has 1 aromatic heterocycles. The van der Waals surface area contributed by atoms with Crippen molar-refractivity contribution in [3.05, 3.63) is 53.3 Å². The summed E-state index contributed by atoms with van der Waals surface area (Å²) in [6.45, 7) is 5.23. The van der Waals surface area contributed by atoms with Crippen LogP contribution in [0.1, 0.15) is 19.0 Å². The molecule has 144 valence electrons. The van der Waals surface area contributed by atoms with Gasteiger partial charge in [0.05, 0.1) is 25.0 Å². The third-order valence-electron chi connectivity index (χ3n) is 4.48. The molecular weight excluding hydrogens is 362 g/mol. The van der Waals surface area contributed by atoms with E-state index in [4.69, 9.17) is 16.3 Å². The second kappa shape index (κ2) is 9.46. The predicted molar refractivity (Wildman–Crippen MR) is 111 cm³/mol. The number of pyridine rings is 1. The molecule has 1 aromatic carbocycles. The SMILES string of the molecule is CCNC(=NCc1ccccn1)NC1CCN(c2cc(Cl)ccc2OC)C1. The highest BCUT2D eigenvalue weighted by Gasteiger charge is 2.25. The highest BCUT2D eigenvalue weighted by molar-refractivity contribution is 6.30. The summed E-state index contributed by atoms with van der Waals surface area (Å²) in [4.78, 5) is 11.3. The van der Waals surface area contributed by atoms with Crippen molar-refractivity contribution in [1.82, 2.24) is 15.6 Å². The van der Waals surface area contributed by atoms with Crippen LogP contribution in [0.15, 0.2) is 47.6 Å². The van der Waals surface area contributed by atoms with E-state index in [1.165, 1.54) is 0 Å². The molecule has 0 spiro atoms. The lowest BCUT2D eigenvalue weighted by Gasteiger charge is -2.22. The Kier molecular flexibility index (Phi) is 6.76. The van der Waals surface area contributed by atoms with Crippen LogP contribution in [0.2, 0.25) is 5.02 Å². The molecule has 1 aliphatic heterocycles. The number of nitrogens with zero attached hydrogens (tertiary/aromatic N) is 3. The summed E-state index contributed by atoms with van der Waals surface area (Å²) in [5.41, 5.74) is 1.98. The lowest BCUT2D eigenvalue weighted by Crippen LogP contribution is -2.44. The van der Waals surface area contributed by atoms with Crippen LogP contribution in [-0.4, -0.2) is 43.7 Å². The molecule has 6 nitrogen and oxygen atoms in total. The van der Waals surface area contributed by atoms with Crippen LogP contribution in [0.3, 0.4) is 0 Å². The maximum Gasteiger partial charge on any atom is 0.191 e. The average Bonchev–Trinajstić information content (AvgIpc) is 3.15. The summed E-state index contributed by atoms with van der Waals surface area (Å²) >= 11 is 6.18. The van der Waals surface area contributed by atoms with E-state index < -0.39 is 0 Å². The van der Waals surface area contributed by atoms with Gasteiger partial charge in [-0.3, -0.25) is 4.98 Å². The molecule has 0 radical (unpaired) electrons. The van der Waals surface area contributed by atoms with Crippen molar-refractivity contribution in [2.75, 3.05) is 31.6 Å². The van der Waals surface area contributed by atoms with Crippen molar-refractivity contribution in [1.29, 1.82) is 0 Å². The number of aliphatic imine (C=N–C) groups is 1. The van der Waals surface area contributed by atoms with Gasteiger partial charge >= 0.3 is 0 Å². The second-order valence-corrected chi connectivity index (χ2v) is 6.84. The summed E-state index contributed by atoms with van der Waals surface area (Å²) in [5.74, 6) is 1.66. The smallest absolute Gasteiger partial charge is 0.191 e. The molecule has 3 rings (SSSR count). The zero-order valence-electron chi connectivity index (χ0n) is 15.8. The maximum absolute atomic E-state index is 6.18. The number of rotatable bonds is 6. The largest absolute Gasteiger partial charge is 0.495 e. The molecule has 1 unspecified atom stereocenters. The Morgan fingerprint density at radius 3 is 3.00 bits per heavy atom. The van der Waals surface area contributed by atoms with Crippen molar-refractivity contribution in [2.24, 2.45) is 4.99 Å². The van der Waals surface area contributed by atoms with Crippen LogP contribution in [0, 0.1) is 0 Å². The number of anilines is 1. The van der Waals surface area contributed by atoms with E-state index in [0.717, 1.165) is 49.1 Å². The zero-order valence-corrected chi connectivity index (χ0v) is 16.5. The number of halogens is 1. The molecule has 0 amide bonds. The minimum absolute atomic E-state index is 0.301. The third kappa shape index (κ3) is 5.26. The van der Waals surface area contributed by atoms with Crippen molar-refractivity contribution in [3.63, 3.8) is 0 Å². The van der Waals surface area contributed by atoms with Crippen LogP contribution < -0.4 is 20.3 Å². The molecule has 2 heterocycles. The molecule has 1 fully saturated rings. The third-order valence-corrected chi connectivity index (χ3v) is 4.72. The number of hydrogen-bond donors (Lipinski definition) is 2. The number of guanidine groups is 1. The Morgan fingerprint density at radius 1 is 1.37 bits per heavy atom. The fraction of sp³-hybridized carbons (Fsp3) is 0.400. The Labute approximate surface area is 165 Å². The fourth-order valence-electron chi connectivity index (χ4n) is 3.17. The highest BCUT2D eigenvalue weighted by Crippen LogP contribution is 2.33. The van der Waals surface area contributed by atoms with Crippen molar-refractivity contribution < 1.29 is 4.74 Å². The van der Waals surface area contributed by atoms with E-state index in [1.54, 1.807) is 13.3 Å². The number of nitrogens with one attached hydrogen (secondary N) is 2. The first-order chi connectivity index (χ1) is 13.2. The number of ether oxygens (including phenoxy) is 1. The fourth-order valence-corrected chi connectivity index (χ4v) is 3.34. The van der Waals surface area contributed by atoms with Crippen LogP contribution in [0.5, 0.6) is 5.75 Å². The Morgan fingerprint density at radius 2 is 2.26 bits per heavy atom. The maximum atomic E-state index is 6.18. The first-order valence-corrected chi connectivity index (χ1v) is 9.60. The highest BCUT2D eigenvalue weighted by atomic mass is 35.5. The molecular formula is C20H26ClN5O. The van der Waals surface area contributed by atoms with Gasteiger partial charge in [0.1, 0.15) is 5.75 Å². The topological polar surface area (TPSA) is 61.8 Å². The van der Waals surface area contributed by atoms with Gasteiger partial charge in [-0.05, 0) is 43.7 Å². The first kappa shape index (κ1) is 19.3. The van der Waals surface area contributed by atoms with Gasteiger partial charge in [0.15, 0.2) is 5.96 Å². The molecule has 27 heavy (non-hydrogen) atoms. The molecule has 1 atom stereocenters. The van der Waals surface area contributed by atoms with Crippen molar-refractivity contribution >= 4 is 23.2 Å². The molecule has 0 saturated carbocycles. The van der Waals surface area contributed by atoms with Crippen LogP contribution in [0.25, 0.3) is 0 Å². The summed E-state index contributed by atoms with van der Waals surface area (Å²) in [7, 11) is 1.69. The lowest BCUT2D eigenvalue weighted by atomic mass is 10.2. The lowest BCUT2D eigenvalue weighted by molar-refractivity contribution is 0.415. The molecule has 0 bridgehead atoms. The molecule has 2 aromatic rings. The monoisotopic (exact) mass is 387 g/mol. The Bertz CT molecular complexity index is 768. The van der Waals surface area contributed by atoms with Gasteiger partial charge in [-0.2, -0.15) is 0 Å². The predicted octanol–water partition coefficient (Wildman–Crippen LogP) is 3.08. The number of hydrogen-bond acceptors (Lipinski definition) is 4. The summed E-state index contributed by atoms with van der Waals surface area (Å²) < 4.78 is 5.49. The van der Waals surface area contributed by atoms with E-state index in [9.17, 15) is 0 Å². The minimum atomic E-state index is 0.301. The van der Waals surface area contributed by atoms with Gasteiger partial charge in [0.2, 0.25) is 0 Å². The number of aromatic nitrogens is 1. The quantitative estimate of drug-likeness (QED) is 0.589. The minimum Gasteiger partial charge on any atom is -0.495 e. The van der Waals surface area contributed by atoms with Gasteiger partial charge in [-0.25, -0.2) is 4.99 Å². The summed E-state index contributed by atoms with van der Waals surface area (Å²) in [5, 5.41) is 7.56.